The number of H-pyrrole nitrogens is 2. The van der Waals surface area contributed by atoms with Crippen molar-refractivity contribution < 1.29 is 13.2 Å². The molecule has 0 spiro atoms. The molecule has 0 aliphatic carbocycles. The SMILES string of the molecule is O=c1[nH][nH]c(=O)c2nc(C(F)(F)F)ccc12. The molecule has 0 radical (unpaired) electrons. The van der Waals surface area contributed by atoms with Crippen LogP contribution in [0.3, 0.4) is 0 Å². The smallest absolute Gasteiger partial charge is 0.267 e. The molecule has 8 heteroatoms. The molecule has 0 fully saturated rings. The predicted molar refractivity (Wildman–Crippen MR) is 48.0 cm³/mol. The van der Waals surface area contributed by atoms with E-state index in [1.807, 2.05) is 10.2 Å². The number of alkyl halides is 3. The van der Waals surface area contributed by atoms with E-state index >= 15 is 0 Å². The molecule has 2 heterocycles. The molecular formula is C8H4F3N3O2. The van der Waals surface area contributed by atoms with Gasteiger partial charge in [0.25, 0.3) is 11.1 Å². The second-order valence-electron chi connectivity index (χ2n) is 3.00. The zero-order valence-electron chi connectivity index (χ0n) is 7.55. The van der Waals surface area contributed by atoms with Crippen LogP contribution in [0.5, 0.6) is 0 Å². The quantitative estimate of drug-likeness (QED) is 0.697. The number of pyridine rings is 1. The average Bonchev–Trinajstić information content (AvgIpc) is 2.22. The van der Waals surface area contributed by atoms with E-state index in [1.54, 1.807) is 0 Å². The van der Waals surface area contributed by atoms with E-state index in [0.29, 0.717) is 6.07 Å². The van der Waals surface area contributed by atoms with Gasteiger partial charge in [-0.1, -0.05) is 0 Å². The molecule has 0 saturated heterocycles. The first-order chi connectivity index (χ1) is 7.39. The van der Waals surface area contributed by atoms with Crippen LogP contribution >= 0.6 is 0 Å². The topological polar surface area (TPSA) is 78.6 Å². The second-order valence-corrected chi connectivity index (χ2v) is 3.00. The van der Waals surface area contributed by atoms with Crippen molar-refractivity contribution in [2.45, 2.75) is 6.18 Å². The predicted octanol–water partition coefficient (Wildman–Crippen LogP) is 0.630. The maximum absolute atomic E-state index is 12.3. The molecular weight excluding hydrogens is 227 g/mol. The first-order valence-electron chi connectivity index (χ1n) is 4.08. The van der Waals surface area contributed by atoms with E-state index in [0.717, 1.165) is 6.07 Å². The summed E-state index contributed by atoms with van der Waals surface area (Å²) >= 11 is 0. The molecule has 0 unspecified atom stereocenters. The van der Waals surface area contributed by atoms with Gasteiger partial charge in [0.2, 0.25) is 0 Å². The Hall–Kier alpha value is -2.12. The van der Waals surface area contributed by atoms with Crippen LogP contribution < -0.4 is 11.1 Å². The minimum atomic E-state index is -4.65. The number of aromatic nitrogens is 3. The van der Waals surface area contributed by atoms with Crippen LogP contribution in [-0.4, -0.2) is 15.2 Å². The third-order valence-electron chi connectivity index (χ3n) is 1.93. The van der Waals surface area contributed by atoms with Gasteiger partial charge in [0, 0.05) is 0 Å². The lowest BCUT2D eigenvalue weighted by Gasteiger charge is -2.05. The molecule has 0 bridgehead atoms. The van der Waals surface area contributed by atoms with Crippen molar-refractivity contribution in [3.8, 4) is 0 Å². The fourth-order valence-electron chi connectivity index (χ4n) is 1.21. The Morgan fingerprint density at radius 2 is 1.69 bits per heavy atom. The molecule has 2 aromatic rings. The summed E-state index contributed by atoms with van der Waals surface area (Å²) in [4.78, 5) is 25.4. The monoisotopic (exact) mass is 231 g/mol. The number of hydrogen-bond donors (Lipinski definition) is 2. The Kier molecular flexibility index (Phi) is 2.07. The molecule has 16 heavy (non-hydrogen) atoms. The van der Waals surface area contributed by atoms with Crippen LogP contribution in [0.2, 0.25) is 0 Å². The van der Waals surface area contributed by atoms with Crippen molar-refractivity contribution in [2.75, 3.05) is 0 Å². The number of nitrogens with zero attached hydrogens (tertiary/aromatic N) is 1. The molecule has 0 saturated carbocycles. The lowest BCUT2D eigenvalue weighted by molar-refractivity contribution is -0.140. The number of hydrogen-bond acceptors (Lipinski definition) is 3. The summed E-state index contributed by atoms with van der Waals surface area (Å²) in [5.74, 6) is 0. The third kappa shape index (κ3) is 1.58. The standard InChI is InChI=1S/C8H4F3N3O2/c9-8(10,11)4-2-1-3-5(12-4)7(16)14-13-6(3)15/h1-2H,(H,13,15)(H,14,16). The van der Waals surface area contributed by atoms with Gasteiger partial charge in [-0.3, -0.25) is 19.8 Å². The molecule has 0 aromatic carbocycles. The minimum Gasteiger partial charge on any atom is -0.267 e. The average molecular weight is 231 g/mol. The van der Waals surface area contributed by atoms with Gasteiger partial charge in [0.15, 0.2) is 0 Å². The fourth-order valence-corrected chi connectivity index (χ4v) is 1.21. The lowest BCUT2D eigenvalue weighted by Crippen LogP contribution is -2.21. The maximum Gasteiger partial charge on any atom is 0.433 e. The van der Waals surface area contributed by atoms with Gasteiger partial charge < -0.3 is 0 Å². The third-order valence-corrected chi connectivity index (χ3v) is 1.93. The van der Waals surface area contributed by atoms with Crippen molar-refractivity contribution in [2.24, 2.45) is 0 Å². The zero-order valence-corrected chi connectivity index (χ0v) is 7.55. The maximum atomic E-state index is 12.3. The van der Waals surface area contributed by atoms with Crippen LogP contribution in [0.15, 0.2) is 21.7 Å². The highest BCUT2D eigenvalue weighted by molar-refractivity contribution is 5.76. The normalized spacial score (nSPS) is 11.9. The number of rotatable bonds is 0. The molecule has 0 aliphatic heterocycles. The summed E-state index contributed by atoms with van der Waals surface area (Å²) in [6, 6.07) is 1.57. The van der Waals surface area contributed by atoms with E-state index < -0.39 is 28.5 Å². The van der Waals surface area contributed by atoms with Gasteiger partial charge in [0.1, 0.15) is 11.2 Å². The van der Waals surface area contributed by atoms with Gasteiger partial charge in [-0.05, 0) is 12.1 Å². The molecule has 0 amide bonds. The molecule has 84 valence electrons. The Balaban J connectivity index is 2.87. The highest BCUT2D eigenvalue weighted by atomic mass is 19.4. The van der Waals surface area contributed by atoms with Gasteiger partial charge in [-0.25, -0.2) is 4.98 Å². The lowest BCUT2D eigenvalue weighted by atomic mass is 10.2. The number of nitrogens with one attached hydrogen (secondary N) is 2. The van der Waals surface area contributed by atoms with Gasteiger partial charge >= 0.3 is 6.18 Å². The van der Waals surface area contributed by atoms with Crippen molar-refractivity contribution >= 4 is 10.9 Å². The Bertz CT molecular complexity index is 656. The molecule has 0 aliphatic rings. The highest BCUT2D eigenvalue weighted by Crippen LogP contribution is 2.27. The summed E-state index contributed by atoms with van der Waals surface area (Å²) in [6.45, 7) is 0. The summed E-state index contributed by atoms with van der Waals surface area (Å²) in [6.07, 6.45) is -4.65. The van der Waals surface area contributed by atoms with Crippen LogP contribution in [0.1, 0.15) is 5.69 Å². The van der Waals surface area contributed by atoms with Gasteiger partial charge in [-0.15, -0.1) is 0 Å². The summed E-state index contributed by atoms with van der Waals surface area (Å²) in [5.41, 5.74) is -3.31. The second kappa shape index (κ2) is 3.19. The van der Waals surface area contributed by atoms with Gasteiger partial charge in [0.05, 0.1) is 5.39 Å². The molecule has 2 aromatic heterocycles. The fraction of sp³-hybridized carbons (Fsp3) is 0.125. The van der Waals surface area contributed by atoms with E-state index in [-0.39, 0.29) is 5.39 Å². The Morgan fingerprint density at radius 3 is 2.31 bits per heavy atom. The summed E-state index contributed by atoms with van der Waals surface area (Å²) in [5, 5.41) is 3.70. The largest absolute Gasteiger partial charge is 0.433 e. The van der Waals surface area contributed by atoms with E-state index in [2.05, 4.69) is 4.98 Å². The Labute approximate surface area is 84.9 Å². The number of aromatic amines is 2. The van der Waals surface area contributed by atoms with E-state index in [1.165, 1.54) is 0 Å². The van der Waals surface area contributed by atoms with Crippen LogP contribution in [0.25, 0.3) is 10.9 Å². The van der Waals surface area contributed by atoms with E-state index in [9.17, 15) is 22.8 Å². The number of halogens is 3. The minimum absolute atomic E-state index is 0.184. The van der Waals surface area contributed by atoms with Crippen molar-refractivity contribution in [3.05, 3.63) is 38.5 Å². The van der Waals surface area contributed by atoms with Crippen LogP contribution in [-0.2, 0) is 6.18 Å². The van der Waals surface area contributed by atoms with Crippen LogP contribution in [0, 0.1) is 0 Å². The summed E-state index contributed by atoms with van der Waals surface area (Å²) < 4.78 is 36.9. The number of fused-ring (bicyclic) bond motifs is 1. The summed E-state index contributed by atoms with van der Waals surface area (Å²) in [7, 11) is 0. The first-order valence-corrected chi connectivity index (χ1v) is 4.08. The molecule has 2 rings (SSSR count). The first kappa shape index (κ1) is 10.4. The molecule has 5 nitrogen and oxygen atoms in total. The Morgan fingerprint density at radius 1 is 1.06 bits per heavy atom. The van der Waals surface area contributed by atoms with Crippen LogP contribution in [0.4, 0.5) is 13.2 Å². The van der Waals surface area contributed by atoms with Crippen molar-refractivity contribution in [1.29, 1.82) is 0 Å². The van der Waals surface area contributed by atoms with E-state index in [4.69, 9.17) is 0 Å². The molecule has 2 N–H and O–H groups in total. The van der Waals surface area contributed by atoms with Crippen molar-refractivity contribution in [1.82, 2.24) is 15.2 Å². The van der Waals surface area contributed by atoms with Gasteiger partial charge in [-0.2, -0.15) is 13.2 Å². The zero-order chi connectivity index (χ0) is 11.9. The van der Waals surface area contributed by atoms with Crippen molar-refractivity contribution in [3.63, 3.8) is 0 Å². The highest BCUT2D eigenvalue weighted by Gasteiger charge is 2.32. The molecule has 0 atom stereocenters.